The van der Waals surface area contributed by atoms with Crippen LogP contribution in [0, 0.1) is 0 Å². The lowest BCUT2D eigenvalue weighted by atomic mass is 10.2. The molecule has 0 aromatic carbocycles. The highest BCUT2D eigenvalue weighted by Gasteiger charge is 2.08. The van der Waals surface area contributed by atoms with Gasteiger partial charge in [-0.2, -0.15) is 15.1 Å². The summed E-state index contributed by atoms with van der Waals surface area (Å²) in [5.74, 6) is 1.38. The van der Waals surface area contributed by atoms with Gasteiger partial charge in [-0.1, -0.05) is 6.92 Å². The van der Waals surface area contributed by atoms with Crippen molar-refractivity contribution in [3.8, 4) is 11.8 Å². The lowest BCUT2D eigenvalue weighted by molar-refractivity contribution is 0.373. The van der Waals surface area contributed by atoms with Crippen molar-refractivity contribution in [1.82, 2.24) is 19.7 Å². The van der Waals surface area contributed by atoms with Gasteiger partial charge in [0.05, 0.1) is 26.0 Å². The smallest absolute Gasteiger partial charge is 0.229 e. The van der Waals surface area contributed by atoms with Crippen LogP contribution in [0.5, 0.6) is 11.8 Å². The normalized spacial score (nSPS) is 10.4. The fourth-order valence-corrected chi connectivity index (χ4v) is 1.90. The van der Waals surface area contributed by atoms with E-state index in [-0.39, 0.29) is 0 Å². The zero-order valence-corrected chi connectivity index (χ0v) is 12.2. The van der Waals surface area contributed by atoms with Crippen LogP contribution in [-0.2, 0) is 20.0 Å². The molecule has 0 fully saturated rings. The van der Waals surface area contributed by atoms with Gasteiger partial charge in [0.25, 0.3) is 0 Å². The molecule has 0 aliphatic carbocycles. The van der Waals surface area contributed by atoms with Crippen molar-refractivity contribution in [2.45, 2.75) is 19.9 Å². The molecular weight excluding hydrogens is 258 g/mol. The molecule has 7 nitrogen and oxygen atoms in total. The van der Waals surface area contributed by atoms with E-state index in [0.717, 1.165) is 17.7 Å². The molecule has 0 saturated carbocycles. The van der Waals surface area contributed by atoms with Crippen molar-refractivity contribution in [1.29, 1.82) is 0 Å². The number of anilines is 1. The molecule has 0 unspecified atom stereocenters. The summed E-state index contributed by atoms with van der Waals surface area (Å²) < 4.78 is 12.0. The summed E-state index contributed by atoms with van der Waals surface area (Å²) in [4.78, 5) is 8.45. The molecule has 0 radical (unpaired) electrons. The van der Waals surface area contributed by atoms with Gasteiger partial charge in [0, 0.05) is 25.4 Å². The van der Waals surface area contributed by atoms with Crippen LogP contribution >= 0.6 is 0 Å². The van der Waals surface area contributed by atoms with Crippen molar-refractivity contribution in [2.24, 2.45) is 7.05 Å². The molecule has 2 heterocycles. The maximum absolute atomic E-state index is 5.11. The topological polar surface area (TPSA) is 74.1 Å². The second kappa shape index (κ2) is 6.23. The minimum Gasteiger partial charge on any atom is -0.481 e. The third-order valence-corrected chi connectivity index (χ3v) is 2.86. The molecule has 2 rings (SSSR count). The standard InChI is InChI=1S/C13H19N5O2/c1-5-10-9(8-18(2)17-10)7-14-13-15-11(19-3)6-12(16-13)20-4/h6,8H,5,7H2,1-4H3,(H,14,15,16). The van der Waals surface area contributed by atoms with E-state index in [1.54, 1.807) is 20.3 Å². The zero-order chi connectivity index (χ0) is 14.5. The molecule has 7 heteroatoms. The molecule has 0 aliphatic rings. The van der Waals surface area contributed by atoms with Crippen molar-refractivity contribution >= 4 is 5.95 Å². The number of methoxy groups -OCH3 is 2. The van der Waals surface area contributed by atoms with Gasteiger partial charge in [0.2, 0.25) is 17.7 Å². The molecular formula is C13H19N5O2. The van der Waals surface area contributed by atoms with E-state index in [9.17, 15) is 0 Å². The zero-order valence-electron chi connectivity index (χ0n) is 12.2. The van der Waals surface area contributed by atoms with Crippen molar-refractivity contribution in [3.63, 3.8) is 0 Å². The molecule has 2 aromatic heterocycles. The fraction of sp³-hybridized carbons (Fsp3) is 0.462. The van der Waals surface area contributed by atoms with Crippen LogP contribution in [0.25, 0.3) is 0 Å². The Bertz CT molecular complexity index is 560. The summed E-state index contributed by atoms with van der Waals surface area (Å²) in [6.07, 6.45) is 2.88. The first-order valence-corrected chi connectivity index (χ1v) is 6.38. The predicted molar refractivity (Wildman–Crippen MR) is 75.0 cm³/mol. The minimum absolute atomic E-state index is 0.459. The Morgan fingerprint density at radius 2 is 1.85 bits per heavy atom. The Balaban J connectivity index is 2.13. The lowest BCUT2D eigenvalue weighted by Crippen LogP contribution is -2.06. The number of nitrogens with zero attached hydrogens (tertiary/aromatic N) is 4. The monoisotopic (exact) mass is 277 g/mol. The molecule has 108 valence electrons. The molecule has 0 bridgehead atoms. The van der Waals surface area contributed by atoms with E-state index in [1.165, 1.54) is 0 Å². The second-order valence-electron chi connectivity index (χ2n) is 4.26. The highest BCUT2D eigenvalue weighted by molar-refractivity contribution is 5.35. The minimum atomic E-state index is 0.459. The summed E-state index contributed by atoms with van der Waals surface area (Å²) in [6.45, 7) is 2.68. The first-order valence-electron chi connectivity index (χ1n) is 6.38. The van der Waals surface area contributed by atoms with Gasteiger partial charge in [-0.15, -0.1) is 0 Å². The number of hydrogen-bond acceptors (Lipinski definition) is 6. The van der Waals surface area contributed by atoms with E-state index in [0.29, 0.717) is 24.3 Å². The predicted octanol–water partition coefficient (Wildman–Crippen LogP) is 1.40. The fourth-order valence-electron chi connectivity index (χ4n) is 1.90. The van der Waals surface area contributed by atoms with E-state index in [1.807, 2.05) is 17.9 Å². The second-order valence-corrected chi connectivity index (χ2v) is 4.26. The van der Waals surface area contributed by atoms with E-state index in [4.69, 9.17) is 9.47 Å². The van der Waals surface area contributed by atoms with Crippen LogP contribution in [0.1, 0.15) is 18.2 Å². The van der Waals surface area contributed by atoms with Crippen LogP contribution in [0.15, 0.2) is 12.3 Å². The first-order chi connectivity index (χ1) is 9.66. The molecule has 0 aliphatic heterocycles. The number of rotatable bonds is 6. The molecule has 0 spiro atoms. The third kappa shape index (κ3) is 3.17. The van der Waals surface area contributed by atoms with Gasteiger partial charge < -0.3 is 14.8 Å². The van der Waals surface area contributed by atoms with Crippen molar-refractivity contribution in [3.05, 3.63) is 23.5 Å². The van der Waals surface area contributed by atoms with E-state index < -0.39 is 0 Å². The Kier molecular flexibility index (Phi) is 4.39. The summed E-state index contributed by atoms with van der Waals surface area (Å²) in [7, 11) is 5.03. The van der Waals surface area contributed by atoms with Gasteiger partial charge in [0.15, 0.2) is 0 Å². The van der Waals surface area contributed by atoms with Crippen molar-refractivity contribution in [2.75, 3.05) is 19.5 Å². The molecule has 1 N–H and O–H groups in total. The number of nitrogens with one attached hydrogen (secondary N) is 1. The Labute approximate surface area is 118 Å². The average Bonchev–Trinajstić information content (AvgIpc) is 2.84. The number of aryl methyl sites for hydroxylation is 2. The quantitative estimate of drug-likeness (QED) is 0.860. The van der Waals surface area contributed by atoms with Crippen molar-refractivity contribution < 1.29 is 9.47 Å². The van der Waals surface area contributed by atoms with Gasteiger partial charge in [-0.25, -0.2) is 0 Å². The summed E-state index contributed by atoms with van der Waals surface area (Å²) in [6, 6.07) is 1.63. The van der Waals surface area contributed by atoms with Gasteiger partial charge in [-0.3, -0.25) is 4.68 Å². The van der Waals surface area contributed by atoms with E-state index >= 15 is 0 Å². The molecule has 2 aromatic rings. The number of ether oxygens (including phenoxy) is 2. The maximum atomic E-state index is 5.11. The maximum Gasteiger partial charge on any atom is 0.229 e. The van der Waals surface area contributed by atoms with Crippen LogP contribution in [0.3, 0.4) is 0 Å². The van der Waals surface area contributed by atoms with Crippen LogP contribution in [0.4, 0.5) is 5.95 Å². The summed E-state index contributed by atoms with van der Waals surface area (Å²) in [5, 5.41) is 7.56. The average molecular weight is 277 g/mol. The third-order valence-electron chi connectivity index (χ3n) is 2.86. The van der Waals surface area contributed by atoms with Crippen LogP contribution in [-0.4, -0.2) is 34.0 Å². The molecule has 0 amide bonds. The largest absolute Gasteiger partial charge is 0.481 e. The molecule has 20 heavy (non-hydrogen) atoms. The lowest BCUT2D eigenvalue weighted by Gasteiger charge is -2.08. The van der Waals surface area contributed by atoms with Crippen LogP contribution in [0.2, 0.25) is 0 Å². The molecule has 0 saturated heterocycles. The number of aromatic nitrogens is 4. The van der Waals surface area contributed by atoms with E-state index in [2.05, 4.69) is 27.3 Å². The van der Waals surface area contributed by atoms with Gasteiger partial charge in [0.1, 0.15) is 0 Å². The highest BCUT2D eigenvalue weighted by Crippen LogP contribution is 2.18. The summed E-state index contributed by atoms with van der Waals surface area (Å²) in [5.41, 5.74) is 2.19. The number of hydrogen-bond donors (Lipinski definition) is 1. The Morgan fingerprint density at radius 1 is 1.20 bits per heavy atom. The van der Waals surface area contributed by atoms with Gasteiger partial charge in [-0.05, 0) is 6.42 Å². The Hall–Kier alpha value is -2.31. The summed E-state index contributed by atoms with van der Waals surface area (Å²) >= 11 is 0. The Morgan fingerprint density at radius 3 is 2.40 bits per heavy atom. The first kappa shape index (κ1) is 14.1. The van der Waals surface area contributed by atoms with Gasteiger partial charge >= 0.3 is 0 Å². The SMILES string of the molecule is CCc1nn(C)cc1CNc1nc(OC)cc(OC)n1. The van der Waals surface area contributed by atoms with Crippen LogP contribution < -0.4 is 14.8 Å². The molecule has 0 atom stereocenters. The highest BCUT2D eigenvalue weighted by atomic mass is 16.5.